The van der Waals surface area contributed by atoms with Gasteiger partial charge in [0.2, 0.25) is 0 Å². The van der Waals surface area contributed by atoms with Crippen LogP contribution in [0.2, 0.25) is 0 Å². The van der Waals surface area contributed by atoms with Crippen molar-refractivity contribution in [2.75, 3.05) is 18.0 Å². The van der Waals surface area contributed by atoms with E-state index in [4.69, 9.17) is 9.97 Å². The van der Waals surface area contributed by atoms with Crippen molar-refractivity contribution in [3.05, 3.63) is 65.4 Å². The lowest BCUT2D eigenvalue weighted by atomic mass is 9.96. The predicted octanol–water partition coefficient (Wildman–Crippen LogP) is 3.43. The molecule has 1 atom stereocenters. The lowest BCUT2D eigenvalue weighted by Crippen LogP contribution is -2.36. The van der Waals surface area contributed by atoms with Gasteiger partial charge in [-0.2, -0.15) is 0 Å². The van der Waals surface area contributed by atoms with Crippen LogP contribution in [0.15, 0.2) is 36.9 Å². The first-order chi connectivity index (χ1) is 13.1. The minimum absolute atomic E-state index is 0.408. The summed E-state index contributed by atoms with van der Waals surface area (Å²) in [5.41, 5.74) is 3.50. The second-order valence-electron chi connectivity index (χ2n) is 7.36. The smallest absolute Gasteiger partial charge is 0.135 e. The first kappa shape index (κ1) is 17.6. The molecule has 0 N–H and O–H groups in total. The lowest BCUT2D eigenvalue weighted by Gasteiger charge is -2.34. The summed E-state index contributed by atoms with van der Waals surface area (Å²) >= 11 is 0. The predicted molar refractivity (Wildman–Crippen MR) is 106 cm³/mol. The van der Waals surface area contributed by atoms with Crippen LogP contribution in [0, 0.1) is 20.8 Å². The molecular formula is C21H26N6. The van der Waals surface area contributed by atoms with Crippen LogP contribution in [0.5, 0.6) is 0 Å². The zero-order valence-corrected chi connectivity index (χ0v) is 16.3. The van der Waals surface area contributed by atoms with Gasteiger partial charge in [-0.15, -0.1) is 0 Å². The van der Waals surface area contributed by atoms with Gasteiger partial charge in [0, 0.05) is 61.6 Å². The average molecular weight is 362 g/mol. The Bertz CT molecular complexity index is 918. The van der Waals surface area contributed by atoms with Crippen LogP contribution in [0.1, 0.15) is 47.2 Å². The molecule has 0 aromatic carbocycles. The van der Waals surface area contributed by atoms with Crippen LogP contribution < -0.4 is 4.90 Å². The number of aromatic nitrogens is 5. The third-order valence-corrected chi connectivity index (χ3v) is 5.41. The molecule has 0 amide bonds. The maximum Gasteiger partial charge on any atom is 0.135 e. The van der Waals surface area contributed by atoms with Crippen molar-refractivity contribution in [1.82, 2.24) is 24.5 Å². The summed E-state index contributed by atoms with van der Waals surface area (Å²) in [4.78, 5) is 20.5. The topological polar surface area (TPSA) is 59.7 Å². The number of rotatable bonds is 4. The summed E-state index contributed by atoms with van der Waals surface area (Å²) in [6.45, 7) is 8.98. The number of hydrogen-bond acceptors (Lipinski definition) is 5. The second kappa shape index (κ2) is 7.47. The van der Waals surface area contributed by atoms with E-state index in [1.165, 1.54) is 11.1 Å². The molecule has 1 unspecified atom stereocenters. The van der Waals surface area contributed by atoms with Crippen LogP contribution in [-0.2, 0) is 6.54 Å². The first-order valence-corrected chi connectivity index (χ1v) is 9.58. The van der Waals surface area contributed by atoms with Crippen molar-refractivity contribution in [2.24, 2.45) is 0 Å². The molecule has 1 saturated heterocycles. The van der Waals surface area contributed by atoms with Crippen molar-refractivity contribution in [3.8, 4) is 0 Å². The fourth-order valence-corrected chi connectivity index (χ4v) is 3.94. The molecule has 0 saturated carbocycles. The molecule has 1 aliphatic heterocycles. The molecule has 0 spiro atoms. The van der Waals surface area contributed by atoms with E-state index in [0.717, 1.165) is 55.6 Å². The SMILES string of the molecule is Cc1nc(C)c(C)c(N2CCCC(c3nccn3Cc3ccncc3)C2)n1. The monoisotopic (exact) mass is 362 g/mol. The van der Waals surface area contributed by atoms with E-state index < -0.39 is 0 Å². The maximum atomic E-state index is 4.74. The Balaban J connectivity index is 1.57. The normalized spacial score (nSPS) is 17.3. The molecule has 3 aromatic rings. The van der Waals surface area contributed by atoms with E-state index in [-0.39, 0.29) is 0 Å². The van der Waals surface area contributed by atoms with Gasteiger partial charge in [-0.25, -0.2) is 15.0 Å². The number of hydrogen-bond donors (Lipinski definition) is 0. The summed E-state index contributed by atoms with van der Waals surface area (Å²) in [6.07, 6.45) is 9.99. The molecule has 1 aliphatic rings. The summed E-state index contributed by atoms with van der Waals surface area (Å²) in [5, 5.41) is 0. The molecule has 6 heteroatoms. The largest absolute Gasteiger partial charge is 0.356 e. The Labute approximate surface area is 160 Å². The Morgan fingerprint density at radius 3 is 2.70 bits per heavy atom. The molecular weight excluding hydrogens is 336 g/mol. The summed E-state index contributed by atoms with van der Waals surface area (Å²) in [7, 11) is 0. The minimum atomic E-state index is 0.408. The molecule has 140 valence electrons. The third-order valence-electron chi connectivity index (χ3n) is 5.41. The van der Waals surface area contributed by atoms with Crippen molar-refractivity contribution in [1.29, 1.82) is 0 Å². The number of nitrogens with zero attached hydrogens (tertiary/aromatic N) is 6. The van der Waals surface area contributed by atoms with Crippen molar-refractivity contribution in [2.45, 2.75) is 46.1 Å². The standard InChI is InChI=1S/C21H26N6/c1-15-16(2)24-17(3)25-20(15)26-11-4-5-19(14-26)21-23-10-12-27(21)13-18-6-8-22-9-7-18/h6-10,12,19H,4-5,11,13-14H2,1-3H3. The third kappa shape index (κ3) is 3.70. The zero-order chi connectivity index (χ0) is 18.8. The minimum Gasteiger partial charge on any atom is -0.356 e. The molecule has 0 radical (unpaired) electrons. The number of imidazole rings is 1. The molecule has 27 heavy (non-hydrogen) atoms. The molecule has 3 aromatic heterocycles. The first-order valence-electron chi connectivity index (χ1n) is 9.58. The number of piperidine rings is 1. The van der Waals surface area contributed by atoms with Crippen molar-refractivity contribution in [3.63, 3.8) is 0 Å². The molecule has 6 nitrogen and oxygen atoms in total. The van der Waals surface area contributed by atoms with E-state index in [0.29, 0.717) is 5.92 Å². The van der Waals surface area contributed by atoms with Gasteiger partial charge in [-0.3, -0.25) is 4.98 Å². The quantitative estimate of drug-likeness (QED) is 0.712. The van der Waals surface area contributed by atoms with E-state index in [1.54, 1.807) is 0 Å². The molecule has 4 rings (SSSR count). The zero-order valence-electron chi connectivity index (χ0n) is 16.3. The lowest BCUT2D eigenvalue weighted by molar-refractivity contribution is 0.473. The van der Waals surface area contributed by atoms with Gasteiger partial charge in [0.15, 0.2) is 0 Å². The van der Waals surface area contributed by atoms with Gasteiger partial charge in [-0.05, 0) is 51.3 Å². The van der Waals surface area contributed by atoms with Crippen molar-refractivity contribution >= 4 is 5.82 Å². The Morgan fingerprint density at radius 1 is 1.07 bits per heavy atom. The van der Waals surface area contributed by atoms with Crippen LogP contribution in [-0.4, -0.2) is 37.6 Å². The van der Waals surface area contributed by atoms with E-state index in [2.05, 4.69) is 51.6 Å². The number of anilines is 1. The number of aryl methyl sites for hydroxylation is 2. The van der Waals surface area contributed by atoms with Gasteiger partial charge >= 0.3 is 0 Å². The average Bonchev–Trinajstić information content (AvgIpc) is 3.14. The van der Waals surface area contributed by atoms with Crippen molar-refractivity contribution < 1.29 is 0 Å². The molecule has 0 bridgehead atoms. The van der Waals surface area contributed by atoms with E-state index in [9.17, 15) is 0 Å². The Kier molecular flexibility index (Phi) is 4.88. The summed E-state index contributed by atoms with van der Waals surface area (Å²) in [5.74, 6) is 3.49. The van der Waals surface area contributed by atoms with Crippen LogP contribution >= 0.6 is 0 Å². The van der Waals surface area contributed by atoms with Gasteiger partial charge in [0.1, 0.15) is 17.5 Å². The Morgan fingerprint density at radius 2 is 1.89 bits per heavy atom. The fraction of sp³-hybridized carbons (Fsp3) is 0.429. The highest BCUT2D eigenvalue weighted by Crippen LogP contribution is 2.30. The summed E-state index contributed by atoms with van der Waals surface area (Å²) < 4.78 is 2.27. The summed E-state index contributed by atoms with van der Waals surface area (Å²) in [6, 6.07) is 4.12. The second-order valence-corrected chi connectivity index (χ2v) is 7.36. The fourth-order valence-electron chi connectivity index (χ4n) is 3.94. The van der Waals surface area contributed by atoms with Gasteiger partial charge < -0.3 is 9.47 Å². The molecule has 4 heterocycles. The van der Waals surface area contributed by atoms with Crippen LogP contribution in [0.25, 0.3) is 0 Å². The highest BCUT2D eigenvalue weighted by molar-refractivity contribution is 5.49. The maximum absolute atomic E-state index is 4.74. The van der Waals surface area contributed by atoms with Gasteiger partial charge in [-0.1, -0.05) is 0 Å². The van der Waals surface area contributed by atoms with Crippen LogP contribution in [0.4, 0.5) is 5.82 Å². The van der Waals surface area contributed by atoms with Crippen LogP contribution in [0.3, 0.4) is 0 Å². The van der Waals surface area contributed by atoms with Gasteiger partial charge in [0.25, 0.3) is 0 Å². The highest BCUT2D eigenvalue weighted by atomic mass is 15.2. The number of pyridine rings is 1. The molecule has 0 aliphatic carbocycles. The highest BCUT2D eigenvalue weighted by Gasteiger charge is 2.27. The van der Waals surface area contributed by atoms with E-state index >= 15 is 0 Å². The van der Waals surface area contributed by atoms with E-state index in [1.807, 2.05) is 25.5 Å². The Hall–Kier alpha value is -2.76. The van der Waals surface area contributed by atoms with Gasteiger partial charge in [0.05, 0.1) is 0 Å². The molecule has 1 fully saturated rings.